The minimum Gasteiger partial charge on any atom is -0.466 e. The lowest BCUT2D eigenvalue weighted by atomic mass is 9.89. The Morgan fingerprint density at radius 3 is 2.26 bits per heavy atom. The molecule has 152 valence electrons. The number of hydrogen-bond acceptors (Lipinski definition) is 5. The number of piperazine rings is 1. The van der Waals surface area contributed by atoms with Crippen LogP contribution in [0.1, 0.15) is 44.6 Å². The van der Waals surface area contributed by atoms with E-state index in [2.05, 4.69) is 5.32 Å². The molecule has 1 aromatic carbocycles. The molecule has 2 aliphatic rings. The van der Waals surface area contributed by atoms with Gasteiger partial charge in [-0.15, -0.1) is 0 Å². The predicted molar refractivity (Wildman–Crippen MR) is 106 cm³/mol. The fourth-order valence-corrected chi connectivity index (χ4v) is 4.78. The van der Waals surface area contributed by atoms with E-state index >= 15 is 0 Å². The van der Waals surface area contributed by atoms with Crippen LogP contribution in [0.15, 0.2) is 29.2 Å². The van der Waals surface area contributed by atoms with Gasteiger partial charge in [-0.25, -0.2) is 8.42 Å². The van der Waals surface area contributed by atoms with Gasteiger partial charge in [-0.2, -0.15) is 4.31 Å². The van der Waals surface area contributed by atoms with Gasteiger partial charge in [0.15, 0.2) is 0 Å². The molecule has 2 fully saturated rings. The van der Waals surface area contributed by atoms with E-state index in [1.807, 2.05) is 26.0 Å². The van der Waals surface area contributed by atoms with Gasteiger partial charge in [0, 0.05) is 26.2 Å². The molecule has 1 saturated carbocycles. The Morgan fingerprint density at radius 1 is 1.11 bits per heavy atom. The van der Waals surface area contributed by atoms with Crippen LogP contribution in [0.25, 0.3) is 0 Å². The van der Waals surface area contributed by atoms with Gasteiger partial charge >= 0.3 is 5.97 Å². The third-order valence-corrected chi connectivity index (χ3v) is 6.87. The number of benzene rings is 1. The van der Waals surface area contributed by atoms with Crippen LogP contribution >= 0.6 is 0 Å². The highest BCUT2D eigenvalue weighted by atomic mass is 32.2. The molecule has 1 saturated heterocycles. The lowest BCUT2D eigenvalue weighted by Gasteiger charge is -2.26. The first-order chi connectivity index (χ1) is 12.9. The molecular weight excluding hydrogens is 364 g/mol. The van der Waals surface area contributed by atoms with Crippen molar-refractivity contribution in [3.05, 3.63) is 29.8 Å². The summed E-state index contributed by atoms with van der Waals surface area (Å²) < 4.78 is 30.9. The van der Waals surface area contributed by atoms with E-state index in [1.54, 1.807) is 12.1 Å². The van der Waals surface area contributed by atoms with Crippen LogP contribution in [-0.2, 0) is 19.6 Å². The van der Waals surface area contributed by atoms with Crippen LogP contribution in [0, 0.1) is 12.8 Å². The summed E-state index contributed by atoms with van der Waals surface area (Å²) in [6.45, 7) is 6.89. The van der Waals surface area contributed by atoms with E-state index in [-0.39, 0.29) is 11.9 Å². The Labute approximate surface area is 163 Å². The van der Waals surface area contributed by atoms with E-state index in [1.165, 1.54) is 23.6 Å². The van der Waals surface area contributed by atoms with Crippen molar-refractivity contribution in [2.75, 3.05) is 32.8 Å². The van der Waals surface area contributed by atoms with E-state index in [0.29, 0.717) is 24.6 Å². The Balaban J connectivity index is 0.000000208. The van der Waals surface area contributed by atoms with E-state index < -0.39 is 10.0 Å². The highest BCUT2D eigenvalue weighted by Crippen LogP contribution is 2.24. The van der Waals surface area contributed by atoms with Crippen molar-refractivity contribution in [1.82, 2.24) is 9.62 Å². The number of aryl methyl sites for hydroxylation is 1. The van der Waals surface area contributed by atoms with Crippen molar-refractivity contribution in [3.8, 4) is 0 Å². The Hall–Kier alpha value is -1.44. The Morgan fingerprint density at radius 2 is 1.70 bits per heavy atom. The largest absolute Gasteiger partial charge is 0.466 e. The zero-order valence-electron chi connectivity index (χ0n) is 16.4. The van der Waals surface area contributed by atoms with E-state index in [0.717, 1.165) is 31.5 Å². The number of hydrogen-bond donors (Lipinski definition) is 1. The maximum Gasteiger partial charge on any atom is 0.308 e. The van der Waals surface area contributed by atoms with Crippen LogP contribution < -0.4 is 5.32 Å². The van der Waals surface area contributed by atoms with Crippen molar-refractivity contribution in [2.45, 2.75) is 50.8 Å². The monoisotopic (exact) mass is 396 g/mol. The summed E-state index contributed by atoms with van der Waals surface area (Å²) >= 11 is 0. The minimum absolute atomic E-state index is 0.0206. The predicted octanol–water partition coefficient (Wildman–Crippen LogP) is 2.72. The highest BCUT2D eigenvalue weighted by molar-refractivity contribution is 7.89. The molecule has 0 atom stereocenters. The quantitative estimate of drug-likeness (QED) is 0.792. The summed E-state index contributed by atoms with van der Waals surface area (Å²) in [6, 6.07) is 7.00. The number of sulfonamides is 1. The average molecular weight is 397 g/mol. The van der Waals surface area contributed by atoms with Crippen molar-refractivity contribution in [3.63, 3.8) is 0 Å². The number of esters is 1. The van der Waals surface area contributed by atoms with Gasteiger partial charge in [0.1, 0.15) is 0 Å². The topological polar surface area (TPSA) is 75.7 Å². The third-order valence-electron chi connectivity index (χ3n) is 4.96. The van der Waals surface area contributed by atoms with Gasteiger partial charge in [0.2, 0.25) is 10.0 Å². The van der Waals surface area contributed by atoms with Crippen LogP contribution in [0.4, 0.5) is 0 Å². The third kappa shape index (κ3) is 6.59. The van der Waals surface area contributed by atoms with Crippen LogP contribution in [-0.4, -0.2) is 51.5 Å². The van der Waals surface area contributed by atoms with Gasteiger partial charge in [-0.3, -0.25) is 4.79 Å². The summed E-state index contributed by atoms with van der Waals surface area (Å²) in [5, 5.41) is 3.14. The molecule has 27 heavy (non-hydrogen) atoms. The van der Waals surface area contributed by atoms with E-state index in [4.69, 9.17) is 4.74 Å². The number of carbonyl (C=O) groups excluding carboxylic acids is 1. The molecule has 0 aromatic heterocycles. The molecular formula is C20H32N2O4S. The summed E-state index contributed by atoms with van der Waals surface area (Å²) in [7, 11) is -3.29. The summed E-state index contributed by atoms with van der Waals surface area (Å²) in [6.07, 6.45) is 5.76. The van der Waals surface area contributed by atoms with Crippen molar-refractivity contribution in [2.24, 2.45) is 5.92 Å². The lowest BCUT2D eigenvalue weighted by molar-refractivity contribution is -0.149. The molecule has 3 rings (SSSR count). The summed E-state index contributed by atoms with van der Waals surface area (Å²) in [5.74, 6) is 0.232. The molecule has 0 spiro atoms. The first-order valence-corrected chi connectivity index (χ1v) is 11.3. The second-order valence-corrected chi connectivity index (χ2v) is 8.99. The molecule has 1 aliphatic heterocycles. The van der Waals surface area contributed by atoms with Crippen molar-refractivity contribution in [1.29, 1.82) is 0 Å². The maximum atomic E-state index is 12.2. The summed E-state index contributed by atoms with van der Waals surface area (Å²) in [5.41, 5.74) is 1.07. The van der Waals surface area contributed by atoms with Crippen molar-refractivity contribution < 1.29 is 17.9 Å². The molecule has 6 nitrogen and oxygen atoms in total. The highest BCUT2D eigenvalue weighted by Gasteiger charge is 2.25. The molecule has 0 radical (unpaired) electrons. The molecule has 1 aliphatic carbocycles. The molecule has 0 bridgehead atoms. The molecule has 0 unspecified atom stereocenters. The zero-order valence-corrected chi connectivity index (χ0v) is 17.3. The standard InChI is InChI=1S/C11H16N2O2S.C9H16O2/c1-10-2-4-11(5-3-10)16(14,15)13-8-6-12-7-9-13;1-2-11-9(10)8-6-4-3-5-7-8/h2-5,12H,6-9H2,1H3;8H,2-7H2,1H3. The average Bonchev–Trinajstić information content (AvgIpc) is 2.70. The Kier molecular flexibility index (Phi) is 8.73. The van der Waals surface area contributed by atoms with Gasteiger partial charge in [0.25, 0.3) is 0 Å². The lowest BCUT2D eigenvalue weighted by Crippen LogP contribution is -2.46. The van der Waals surface area contributed by atoms with Crippen LogP contribution in [0.3, 0.4) is 0 Å². The fraction of sp³-hybridized carbons (Fsp3) is 0.650. The van der Waals surface area contributed by atoms with Gasteiger partial charge in [-0.1, -0.05) is 37.0 Å². The number of nitrogens with one attached hydrogen (secondary N) is 1. The van der Waals surface area contributed by atoms with Gasteiger partial charge in [0.05, 0.1) is 17.4 Å². The fourth-order valence-electron chi connectivity index (χ4n) is 3.34. The second kappa shape index (κ2) is 10.8. The first kappa shape index (κ1) is 21.9. The molecule has 1 aromatic rings. The van der Waals surface area contributed by atoms with Crippen LogP contribution in [0.5, 0.6) is 0 Å². The number of ether oxygens (including phenoxy) is 1. The first-order valence-electron chi connectivity index (χ1n) is 9.89. The normalized spacial score (nSPS) is 19.0. The van der Waals surface area contributed by atoms with E-state index in [9.17, 15) is 13.2 Å². The second-order valence-electron chi connectivity index (χ2n) is 7.05. The number of carbonyl (C=O) groups is 1. The number of rotatable bonds is 4. The SMILES string of the molecule is CCOC(=O)C1CCCCC1.Cc1ccc(S(=O)(=O)N2CCNCC2)cc1. The zero-order chi connectivity index (χ0) is 19.7. The molecule has 0 amide bonds. The van der Waals surface area contributed by atoms with Gasteiger partial charge < -0.3 is 10.1 Å². The minimum atomic E-state index is -3.29. The van der Waals surface area contributed by atoms with Crippen molar-refractivity contribution >= 4 is 16.0 Å². The van der Waals surface area contributed by atoms with Crippen LogP contribution in [0.2, 0.25) is 0 Å². The molecule has 7 heteroatoms. The number of nitrogens with zero attached hydrogens (tertiary/aromatic N) is 1. The maximum absolute atomic E-state index is 12.2. The van der Waals surface area contributed by atoms with Gasteiger partial charge in [-0.05, 0) is 38.8 Å². The Bertz CT molecular complexity index is 676. The summed E-state index contributed by atoms with van der Waals surface area (Å²) in [4.78, 5) is 11.6. The molecule has 1 heterocycles. The molecule has 1 N–H and O–H groups in total. The smallest absolute Gasteiger partial charge is 0.308 e.